The summed E-state index contributed by atoms with van der Waals surface area (Å²) in [5, 5.41) is 40.1. The highest BCUT2D eigenvalue weighted by Crippen LogP contribution is 2.39. The van der Waals surface area contributed by atoms with Crippen molar-refractivity contribution in [3.8, 4) is 11.5 Å². The number of unbranched alkanes of at least 4 members (excludes halogenated alkanes) is 27. The number of aromatic hydroxyl groups is 2. The van der Waals surface area contributed by atoms with Gasteiger partial charge in [0.15, 0.2) is 12.3 Å². The second-order valence-electron chi connectivity index (χ2n) is 25.4. The summed E-state index contributed by atoms with van der Waals surface area (Å²) in [6, 6.07) is 39.1. The number of ketones is 1. The Morgan fingerprint density at radius 3 is 1.33 bits per heavy atom. The van der Waals surface area contributed by atoms with E-state index in [0.717, 1.165) is 60.2 Å². The second kappa shape index (κ2) is 36.5. The fourth-order valence-electron chi connectivity index (χ4n) is 13.8. The molecular formula is C80H99BIN3O6+. The van der Waals surface area contributed by atoms with Gasteiger partial charge in [0.2, 0.25) is 28.4 Å². The summed E-state index contributed by atoms with van der Waals surface area (Å²) in [5.41, 5.74) is 6.96. The van der Waals surface area contributed by atoms with Crippen molar-refractivity contribution in [1.82, 2.24) is 4.57 Å². The fourth-order valence-corrected chi connectivity index (χ4v) is 13.8. The lowest BCUT2D eigenvalue weighted by atomic mass is 9.86. The molecule has 91 heavy (non-hydrogen) atoms. The van der Waals surface area contributed by atoms with Crippen LogP contribution in [0.3, 0.4) is 0 Å². The maximum absolute atomic E-state index is 14.0. The van der Waals surface area contributed by atoms with Gasteiger partial charge in [-0.25, -0.2) is 4.79 Å². The lowest BCUT2D eigenvalue weighted by Crippen LogP contribution is -3.00. The lowest BCUT2D eigenvalue weighted by Gasteiger charge is -2.18. The molecule has 0 amide bonds. The molecule has 479 valence electrons. The molecule has 9 nitrogen and oxygen atoms in total. The van der Waals surface area contributed by atoms with E-state index >= 15 is 0 Å². The molecule has 2 aliphatic heterocycles. The van der Waals surface area contributed by atoms with Gasteiger partial charge in [0, 0.05) is 68.9 Å². The van der Waals surface area contributed by atoms with Crippen molar-refractivity contribution < 1.29 is 53.2 Å². The average molecular weight is 1340 g/mol. The number of benzene rings is 6. The Bertz CT molecular complexity index is 3920. The van der Waals surface area contributed by atoms with E-state index in [-0.39, 0.29) is 55.1 Å². The first-order valence-corrected chi connectivity index (χ1v) is 34.7. The SMILES string of the molecule is CCCCCCCCCCCC[N+]1=C(C)c2cccc3cccc1c23.CCCCCCCCCCCCn1/c(=C/C2=C([O-])C(=[C+]C3=[N+](CCCCCCCCCCCC)c4cccc5cccc3c45)C2=O)c2cccc3cccc1c32.O=c1c(O)c(O)c1=O.[B].[I-]. The first-order valence-electron chi connectivity index (χ1n) is 34.7. The van der Waals surface area contributed by atoms with Crippen LogP contribution >= 0.6 is 0 Å². The van der Waals surface area contributed by atoms with Crippen molar-refractivity contribution in [3.63, 3.8) is 0 Å². The summed E-state index contributed by atoms with van der Waals surface area (Å²) in [5.74, 6) is -2.04. The van der Waals surface area contributed by atoms with Crippen LogP contribution in [0.15, 0.2) is 136 Å². The van der Waals surface area contributed by atoms with Gasteiger partial charge in [-0.1, -0.05) is 260 Å². The van der Waals surface area contributed by atoms with Gasteiger partial charge >= 0.3 is 5.71 Å². The number of hydrogen-bond acceptors (Lipinski definition) is 6. The van der Waals surface area contributed by atoms with Crippen LogP contribution in [-0.2, 0) is 11.3 Å². The molecular weight excluding hydrogens is 1240 g/mol. The van der Waals surface area contributed by atoms with Crippen LogP contribution < -0.4 is 45.3 Å². The third kappa shape index (κ3) is 17.5. The highest BCUT2D eigenvalue weighted by Gasteiger charge is 2.42. The van der Waals surface area contributed by atoms with Gasteiger partial charge in [0.25, 0.3) is 16.6 Å². The van der Waals surface area contributed by atoms with Crippen molar-refractivity contribution in [1.29, 1.82) is 0 Å². The van der Waals surface area contributed by atoms with E-state index < -0.39 is 22.4 Å². The molecule has 0 atom stereocenters. The summed E-state index contributed by atoms with van der Waals surface area (Å²) < 4.78 is 7.22. The van der Waals surface area contributed by atoms with Gasteiger partial charge < -0.3 is 43.9 Å². The number of nitrogens with zero attached hydrogens (tertiary/aromatic N) is 3. The summed E-state index contributed by atoms with van der Waals surface area (Å²) in [7, 11) is 0. The van der Waals surface area contributed by atoms with Crippen LogP contribution in [0.5, 0.6) is 11.5 Å². The Hall–Kier alpha value is -6.69. The number of carbonyl (C=O) groups excluding carboxylic acids is 1. The van der Waals surface area contributed by atoms with Crippen molar-refractivity contribution >= 4 is 86.3 Å². The molecule has 0 bridgehead atoms. The third-order valence-electron chi connectivity index (χ3n) is 18.9. The molecule has 3 radical (unpaired) electrons. The first-order chi connectivity index (χ1) is 43.6. The normalized spacial score (nSPS) is 13.8. The van der Waals surface area contributed by atoms with E-state index in [9.17, 15) is 19.5 Å². The van der Waals surface area contributed by atoms with Crippen LogP contribution in [0.4, 0.5) is 11.4 Å². The molecule has 0 fully saturated rings. The highest BCUT2D eigenvalue weighted by atomic mass is 127. The van der Waals surface area contributed by atoms with E-state index in [4.69, 9.17) is 10.2 Å². The van der Waals surface area contributed by atoms with E-state index in [1.165, 1.54) is 235 Å². The predicted octanol–water partition coefficient (Wildman–Crippen LogP) is 14.9. The molecule has 1 aliphatic carbocycles. The number of aromatic nitrogens is 1. The van der Waals surface area contributed by atoms with Crippen LogP contribution in [-0.4, -0.2) is 62.6 Å². The molecule has 11 heteroatoms. The third-order valence-corrected chi connectivity index (χ3v) is 18.9. The summed E-state index contributed by atoms with van der Waals surface area (Å²) >= 11 is 0. The maximum atomic E-state index is 14.0. The largest absolute Gasteiger partial charge is 1.00 e. The Morgan fingerprint density at radius 1 is 0.473 bits per heavy atom. The topological polar surface area (TPSA) is 126 Å². The Morgan fingerprint density at radius 2 is 0.857 bits per heavy atom. The minimum Gasteiger partial charge on any atom is -1.00 e. The number of halogens is 1. The van der Waals surface area contributed by atoms with Crippen molar-refractivity contribution in [2.45, 2.75) is 227 Å². The molecule has 0 spiro atoms. The Balaban J connectivity index is 0.000000276. The molecule has 3 aliphatic rings. The molecule has 7 aromatic carbocycles. The van der Waals surface area contributed by atoms with E-state index in [1.807, 2.05) is 6.08 Å². The number of allylic oxidation sites excluding steroid dienone is 3. The van der Waals surface area contributed by atoms with Crippen LogP contribution in [0.1, 0.15) is 231 Å². The monoisotopic (exact) mass is 1340 g/mol. The number of hydrogen-bond donors (Lipinski definition) is 2. The molecule has 1 aromatic heterocycles. The van der Waals surface area contributed by atoms with E-state index in [2.05, 4.69) is 157 Å². The molecule has 11 rings (SSSR count). The zero-order valence-electron chi connectivity index (χ0n) is 55.1. The quantitative estimate of drug-likeness (QED) is 0.00775. The van der Waals surface area contributed by atoms with Gasteiger partial charge in [-0.05, 0) is 59.7 Å². The fraction of sp³-hybridized carbons (Fsp3) is 0.463. The minimum atomic E-state index is -1.01. The number of carbonyl (C=O) groups is 1. The zero-order chi connectivity index (χ0) is 62.5. The van der Waals surface area contributed by atoms with Gasteiger partial charge in [0.05, 0.1) is 16.3 Å². The smallest absolute Gasteiger partial charge is 0.348 e. The molecule has 0 saturated heterocycles. The first kappa shape index (κ1) is 71.8. The Kier molecular flexibility index (Phi) is 28.8. The van der Waals surface area contributed by atoms with E-state index in [0.29, 0.717) is 0 Å². The van der Waals surface area contributed by atoms with Crippen LogP contribution in [0.25, 0.3) is 49.3 Å². The second-order valence-corrected chi connectivity index (χ2v) is 25.4. The highest BCUT2D eigenvalue weighted by molar-refractivity contribution is 6.28. The van der Waals surface area contributed by atoms with Crippen molar-refractivity contribution in [3.05, 3.63) is 169 Å². The molecule has 2 N–H and O–H groups in total. The standard InChI is InChI=1S/C52H63N2O2.C24H34N.C4H2O4.B.HI/c1-3-5-7-9-11-13-15-17-19-21-35-53-45-33-25-29-39-27-23-31-41(49(39)45)47(53)37-43-51(55)44(52(43)56)38-48-42-32-24-28-40-30-26-34-46(50(40)42)54(48)36-22-20-18-16-14-12-10-8-6-4-2;1-3-4-5-6-7-8-9-10-11-12-19-25-20(2)22-17-13-15-21-16-14-18-23(25)24(21)22;5-1-2(6)4(8)3(1)7;;/h23-34,37H,3-22,35-36H2,1-2H3;13-18H,3-12,19H2,1-2H3;5-6H;;1H/q2*+1;;;/p-1. The number of rotatable bonds is 35. The molecule has 0 unspecified atom stereocenters. The molecule has 3 heterocycles. The number of Topliss-reactive ketones (excluding diaryl/α,β-unsaturated/α-hetero) is 1. The zero-order valence-corrected chi connectivity index (χ0v) is 57.3. The average Bonchev–Trinajstić information content (AvgIpc) is 1.63. The Labute approximate surface area is 561 Å². The summed E-state index contributed by atoms with van der Waals surface area (Å²) in [4.78, 5) is 33.9. The predicted molar refractivity (Wildman–Crippen MR) is 375 cm³/mol. The van der Waals surface area contributed by atoms with Crippen molar-refractivity contribution in [2.24, 2.45) is 0 Å². The maximum Gasteiger partial charge on any atom is 0.348 e. The summed E-state index contributed by atoms with van der Waals surface area (Å²) in [6.45, 7) is 12.0. The van der Waals surface area contributed by atoms with E-state index in [1.54, 1.807) is 0 Å². The lowest BCUT2D eigenvalue weighted by molar-refractivity contribution is -0.437. The van der Waals surface area contributed by atoms with Crippen LogP contribution in [0, 0.1) is 6.08 Å². The van der Waals surface area contributed by atoms with Gasteiger partial charge in [-0.3, -0.25) is 9.59 Å². The minimum absolute atomic E-state index is 0. The van der Waals surface area contributed by atoms with Crippen LogP contribution in [0.2, 0.25) is 0 Å². The number of aryl methyl sites for hydroxylation is 1. The molecule has 8 aromatic rings. The van der Waals surface area contributed by atoms with Crippen molar-refractivity contribution in [2.75, 3.05) is 13.1 Å². The summed E-state index contributed by atoms with van der Waals surface area (Å²) in [6.07, 6.45) is 45.1. The van der Waals surface area contributed by atoms with Gasteiger partial charge in [-0.2, -0.15) is 9.15 Å². The molecule has 0 saturated carbocycles. The van der Waals surface area contributed by atoms with Gasteiger partial charge in [0.1, 0.15) is 29.1 Å². The van der Waals surface area contributed by atoms with Gasteiger partial charge in [-0.15, -0.1) is 0 Å².